The first-order valence-electron chi connectivity index (χ1n) is 13.0. The number of nitrogens with zero attached hydrogens (tertiary/aromatic N) is 6. The average molecular weight is 621 g/mol. The van der Waals surface area contributed by atoms with E-state index >= 15 is 0 Å². The molecule has 0 fully saturated rings. The van der Waals surface area contributed by atoms with E-state index in [1.54, 1.807) is 0 Å². The first-order chi connectivity index (χ1) is 19.8. The van der Waals surface area contributed by atoms with E-state index in [9.17, 15) is 0 Å². The number of hydrogen-bond donors (Lipinski definition) is 2. The Labute approximate surface area is 246 Å². The Hall–Kier alpha value is -5.10. The van der Waals surface area contributed by atoms with Crippen molar-refractivity contribution in [2.24, 2.45) is 0 Å². The molecule has 7 aromatic rings. The first-order valence-corrected chi connectivity index (χ1v) is 13.0. The second-order valence-electron chi connectivity index (χ2n) is 9.79. The molecular formula is C32H18N8Pd+2. The Morgan fingerprint density at radius 1 is 0.317 bits per heavy atom. The fraction of sp³-hybridized carbons (Fsp3) is 0. The van der Waals surface area contributed by atoms with Crippen molar-refractivity contribution >= 4 is 44.1 Å². The first kappa shape index (κ1) is 23.8. The summed E-state index contributed by atoms with van der Waals surface area (Å²) in [5, 5.41) is 3.82. The van der Waals surface area contributed by atoms with Crippen LogP contribution in [0.25, 0.3) is 89.7 Å². The standard InChI is InChI=1S/C32H18N8.Pd/c1-2-10-18-17(9-1)25-33-26(18)38-28-21-13-5-6-14-22(21)30(35-28)40-32-24-16-8-7-15-23(24)31(36-32)39-29-20-12-4-3-11-19(20)27(34-29)37-25;/h1-16H,(H2,33,34,35,36,37,38,39,40);/q;+2. The largest absolute Gasteiger partial charge is 2.00 e. The number of rotatable bonds is 0. The Morgan fingerprint density at radius 2 is 0.561 bits per heavy atom. The van der Waals surface area contributed by atoms with Crippen molar-refractivity contribution in [3.8, 4) is 45.6 Å². The van der Waals surface area contributed by atoms with Crippen molar-refractivity contribution in [3.63, 3.8) is 0 Å². The predicted molar refractivity (Wildman–Crippen MR) is 156 cm³/mol. The van der Waals surface area contributed by atoms with Gasteiger partial charge in [0.1, 0.15) is 22.6 Å². The van der Waals surface area contributed by atoms with Gasteiger partial charge in [0.2, 0.25) is 0 Å². The minimum Gasteiger partial charge on any atom is -0.324 e. The third-order valence-corrected chi connectivity index (χ3v) is 7.46. The van der Waals surface area contributed by atoms with Crippen LogP contribution < -0.4 is 0 Å². The van der Waals surface area contributed by atoms with E-state index in [0.29, 0.717) is 45.9 Å². The number of aromatic amines is 2. The molecule has 0 saturated heterocycles. The summed E-state index contributed by atoms with van der Waals surface area (Å²) in [5.74, 6) is 2.39. The summed E-state index contributed by atoms with van der Waals surface area (Å²) in [4.78, 5) is 36.8. The van der Waals surface area contributed by atoms with Crippen LogP contribution in [0.3, 0.4) is 0 Å². The maximum absolute atomic E-state index is 5.02. The van der Waals surface area contributed by atoms with Crippen LogP contribution in [0.5, 0.6) is 0 Å². The van der Waals surface area contributed by atoms with E-state index < -0.39 is 0 Å². The third kappa shape index (κ3) is 3.57. The van der Waals surface area contributed by atoms with Crippen LogP contribution >= 0.6 is 0 Å². The van der Waals surface area contributed by atoms with E-state index in [0.717, 1.165) is 43.8 Å². The summed E-state index contributed by atoms with van der Waals surface area (Å²) in [6, 6.07) is 32.2. The van der Waals surface area contributed by atoms with Gasteiger partial charge in [-0.2, -0.15) is 0 Å². The molecule has 194 valence electrons. The molecule has 3 aromatic heterocycles. The SMILES string of the molecule is [Pd+2].c1ccc2c(c1)-c1nc-2nc2[nH]c(nc3nc(nc4[nH]c(n1)c1ccccc41)-c1ccccc1-3)c1ccccc21. The van der Waals surface area contributed by atoms with Gasteiger partial charge >= 0.3 is 20.4 Å². The summed E-state index contributed by atoms with van der Waals surface area (Å²) in [5.41, 5.74) is 6.45. The molecule has 0 radical (unpaired) electrons. The van der Waals surface area contributed by atoms with E-state index in [1.165, 1.54) is 0 Å². The molecule has 0 unspecified atom stereocenters. The molecule has 2 aliphatic heterocycles. The molecule has 41 heavy (non-hydrogen) atoms. The Balaban J connectivity index is 0.00000256. The van der Waals surface area contributed by atoms with Gasteiger partial charge in [0, 0.05) is 43.8 Å². The maximum Gasteiger partial charge on any atom is 2.00 e. The van der Waals surface area contributed by atoms with Crippen LogP contribution in [0.15, 0.2) is 97.1 Å². The monoisotopic (exact) mass is 620 g/mol. The summed E-state index contributed by atoms with van der Waals surface area (Å²) in [6.45, 7) is 0. The quantitative estimate of drug-likeness (QED) is 0.179. The average Bonchev–Trinajstić information content (AvgIpc) is 3.73. The van der Waals surface area contributed by atoms with Crippen LogP contribution in [-0.2, 0) is 20.4 Å². The zero-order valence-electron chi connectivity index (χ0n) is 21.2. The van der Waals surface area contributed by atoms with Crippen LogP contribution in [0, 0.1) is 0 Å². The molecule has 0 atom stereocenters. The maximum atomic E-state index is 5.02. The second-order valence-corrected chi connectivity index (χ2v) is 9.79. The molecule has 5 heterocycles. The Kier molecular flexibility index (Phi) is 5.19. The summed E-state index contributed by atoms with van der Waals surface area (Å²) in [6.07, 6.45) is 0. The van der Waals surface area contributed by atoms with Crippen molar-refractivity contribution in [1.29, 1.82) is 0 Å². The van der Waals surface area contributed by atoms with E-state index in [1.807, 2.05) is 97.1 Å². The second kappa shape index (κ2) is 8.96. The Bertz CT molecular complexity index is 2030. The van der Waals surface area contributed by atoms with Crippen molar-refractivity contribution in [2.45, 2.75) is 0 Å². The van der Waals surface area contributed by atoms with Gasteiger partial charge < -0.3 is 9.97 Å². The third-order valence-electron chi connectivity index (χ3n) is 7.46. The molecular weight excluding hydrogens is 603 g/mol. The topological polar surface area (TPSA) is 109 Å². The van der Waals surface area contributed by atoms with Gasteiger partial charge in [-0.3, -0.25) is 0 Å². The molecule has 0 aliphatic carbocycles. The molecule has 4 aromatic carbocycles. The summed E-state index contributed by atoms with van der Waals surface area (Å²) >= 11 is 0. The molecule has 0 amide bonds. The van der Waals surface area contributed by atoms with Crippen molar-refractivity contribution in [1.82, 2.24) is 39.9 Å². The predicted octanol–water partition coefficient (Wildman–Crippen LogP) is 6.87. The van der Waals surface area contributed by atoms with Gasteiger partial charge in [-0.05, 0) is 0 Å². The van der Waals surface area contributed by atoms with E-state index in [4.69, 9.17) is 29.9 Å². The van der Waals surface area contributed by atoms with Gasteiger partial charge in [-0.15, -0.1) is 0 Å². The number of H-pyrrole nitrogens is 2. The summed E-state index contributed by atoms with van der Waals surface area (Å²) in [7, 11) is 0. The number of nitrogens with one attached hydrogen (secondary N) is 2. The van der Waals surface area contributed by atoms with Crippen LogP contribution in [0.2, 0.25) is 0 Å². The zero-order valence-corrected chi connectivity index (χ0v) is 22.8. The number of fused-ring (bicyclic) bond motifs is 20. The van der Waals surface area contributed by atoms with Crippen LogP contribution in [0.4, 0.5) is 0 Å². The summed E-state index contributed by atoms with van der Waals surface area (Å²) < 4.78 is 0. The number of aromatic nitrogens is 8. The molecule has 8 nitrogen and oxygen atoms in total. The fourth-order valence-corrected chi connectivity index (χ4v) is 5.59. The fourth-order valence-electron chi connectivity index (χ4n) is 5.59. The molecule has 0 saturated carbocycles. The number of benzene rings is 4. The number of hydrogen-bond acceptors (Lipinski definition) is 6. The van der Waals surface area contributed by atoms with E-state index in [2.05, 4.69) is 9.97 Å². The van der Waals surface area contributed by atoms with Crippen molar-refractivity contribution in [3.05, 3.63) is 97.1 Å². The minimum absolute atomic E-state index is 0. The van der Waals surface area contributed by atoms with Gasteiger partial charge in [0.25, 0.3) is 0 Å². The van der Waals surface area contributed by atoms with Crippen molar-refractivity contribution < 1.29 is 20.4 Å². The van der Waals surface area contributed by atoms with Gasteiger partial charge in [-0.1, -0.05) is 97.1 Å². The van der Waals surface area contributed by atoms with Crippen molar-refractivity contribution in [2.75, 3.05) is 0 Å². The molecule has 2 N–H and O–H groups in total. The van der Waals surface area contributed by atoms with Crippen LogP contribution in [-0.4, -0.2) is 39.9 Å². The Morgan fingerprint density at radius 3 is 0.829 bits per heavy atom. The molecule has 0 spiro atoms. The van der Waals surface area contributed by atoms with Gasteiger partial charge in [0.05, 0.1) is 0 Å². The molecule has 9 rings (SSSR count). The van der Waals surface area contributed by atoms with Gasteiger partial charge in [0.15, 0.2) is 23.3 Å². The van der Waals surface area contributed by atoms with E-state index in [-0.39, 0.29) is 20.4 Å². The van der Waals surface area contributed by atoms with Crippen LogP contribution in [0.1, 0.15) is 0 Å². The molecule has 9 heteroatoms. The minimum atomic E-state index is 0. The molecule has 8 bridgehead atoms. The smallest absolute Gasteiger partial charge is 0.324 e. The normalized spacial score (nSPS) is 11.7. The molecule has 2 aliphatic rings. The zero-order chi connectivity index (χ0) is 26.2. The van der Waals surface area contributed by atoms with Gasteiger partial charge in [-0.25, -0.2) is 29.9 Å².